The van der Waals surface area contributed by atoms with E-state index < -0.39 is 28.4 Å². The Morgan fingerprint density at radius 2 is 1.42 bits per heavy atom. The number of unbranched alkanes of at least 4 members (excludes halogenated alkanes) is 3. The van der Waals surface area contributed by atoms with Crippen molar-refractivity contribution < 1.29 is 8.42 Å². The molecule has 2 aromatic rings. The van der Waals surface area contributed by atoms with Gasteiger partial charge in [-0.1, -0.05) is 0 Å². The molecule has 2 aromatic carbocycles. The van der Waals surface area contributed by atoms with Crippen LogP contribution in [-0.2, 0) is 16.6 Å². The summed E-state index contributed by atoms with van der Waals surface area (Å²) in [4.78, 5) is 0.398. The minimum atomic E-state index is -3.51. The van der Waals surface area contributed by atoms with E-state index in [9.17, 15) is 8.42 Å². The van der Waals surface area contributed by atoms with Crippen molar-refractivity contribution in [3.8, 4) is 0 Å². The normalized spacial score (nSPS) is 16.8. The van der Waals surface area contributed by atoms with Crippen LogP contribution in [0.1, 0.15) is 89.0 Å². The van der Waals surface area contributed by atoms with Crippen molar-refractivity contribution in [3.63, 3.8) is 0 Å². The Labute approximate surface area is 206 Å². The van der Waals surface area contributed by atoms with Crippen molar-refractivity contribution in [1.29, 1.82) is 0 Å². The zero-order valence-electron chi connectivity index (χ0n) is 21.4. The van der Waals surface area contributed by atoms with Gasteiger partial charge in [-0.25, -0.2) is 0 Å². The van der Waals surface area contributed by atoms with E-state index in [1.54, 1.807) is 20.0 Å². The molecule has 0 amide bonds. The number of nitrogens with zero attached hydrogens (tertiary/aromatic N) is 1. The van der Waals surface area contributed by atoms with Crippen LogP contribution in [0.2, 0.25) is 13.3 Å². The summed E-state index contributed by atoms with van der Waals surface area (Å²) in [5.74, 6) is 0. The van der Waals surface area contributed by atoms with Gasteiger partial charge in [-0.3, -0.25) is 0 Å². The second kappa shape index (κ2) is 11.7. The zero-order valence-corrected chi connectivity index (χ0v) is 25.0. The third kappa shape index (κ3) is 5.87. The molecule has 0 aliphatic carbocycles. The van der Waals surface area contributed by atoms with Crippen LogP contribution in [0.25, 0.3) is 0 Å². The van der Waals surface area contributed by atoms with Crippen LogP contribution in [0.15, 0.2) is 47.4 Å². The first kappa shape index (κ1) is 26.7. The fourth-order valence-electron chi connectivity index (χ4n) is 5.43. The molecule has 0 fully saturated rings. The summed E-state index contributed by atoms with van der Waals surface area (Å²) in [6.07, 6.45) is 7.81. The SMILES string of the molecule is CCC[CH2][Sn]([CH2]CCC)([CH2]CCC)[c]1ccc2c(c1)CN(S(=O)(=O)c1ccc(C)cc1)C2C. The van der Waals surface area contributed by atoms with E-state index in [1.165, 1.54) is 63.0 Å². The molecule has 1 aliphatic rings. The van der Waals surface area contributed by atoms with Gasteiger partial charge in [0.05, 0.1) is 0 Å². The van der Waals surface area contributed by atoms with Crippen molar-refractivity contribution in [3.05, 3.63) is 59.2 Å². The molecule has 182 valence electrons. The average molecular weight is 576 g/mol. The van der Waals surface area contributed by atoms with E-state index in [-0.39, 0.29) is 6.04 Å². The van der Waals surface area contributed by atoms with Gasteiger partial charge in [-0.05, 0) is 0 Å². The van der Waals surface area contributed by atoms with Crippen molar-refractivity contribution in [2.24, 2.45) is 0 Å². The minimum absolute atomic E-state index is 0.119. The number of rotatable bonds is 12. The topological polar surface area (TPSA) is 37.4 Å². The first-order valence-electron chi connectivity index (χ1n) is 13.0. The summed E-state index contributed by atoms with van der Waals surface area (Å²) in [5, 5.41) is 0. The molecule has 0 radical (unpaired) electrons. The molecule has 3 rings (SSSR count). The quantitative estimate of drug-likeness (QED) is 0.249. The van der Waals surface area contributed by atoms with Crippen molar-refractivity contribution in [1.82, 2.24) is 4.31 Å². The number of sulfonamides is 1. The van der Waals surface area contributed by atoms with Gasteiger partial charge in [0.1, 0.15) is 0 Å². The fraction of sp³-hybridized carbons (Fsp3) is 0.571. The summed E-state index contributed by atoms with van der Waals surface area (Å²) in [7, 11) is -3.51. The Morgan fingerprint density at radius 1 is 0.879 bits per heavy atom. The Balaban J connectivity index is 1.96. The van der Waals surface area contributed by atoms with Gasteiger partial charge in [-0.2, -0.15) is 0 Å². The molecule has 33 heavy (non-hydrogen) atoms. The van der Waals surface area contributed by atoms with Gasteiger partial charge in [-0.15, -0.1) is 0 Å². The molecule has 1 aliphatic heterocycles. The van der Waals surface area contributed by atoms with E-state index in [1.807, 2.05) is 26.0 Å². The van der Waals surface area contributed by atoms with Crippen LogP contribution in [0.4, 0.5) is 0 Å². The van der Waals surface area contributed by atoms with E-state index in [4.69, 9.17) is 0 Å². The molecule has 3 nitrogen and oxygen atoms in total. The number of aryl methyl sites for hydroxylation is 1. The molecular weight excluding hydrogens is 533 g/mol. The van der Waals surface area contributed by atoms with Crippen molar-refractivity contribution in [2.75, 3.05) is 0 Å². The molecule has 0 aromatic heterocycles. The molecule has 0 saturated heterocycles. The van der Waals surface area contributed by atoms with Gasteiger partial charge in [0.15, 0.2) is 0 Å². The second-order valence-corrected chi connectivity index (χ2v) is 25.2. The zero-order chi connectivity index (χ0) is 24.1. The van der Waals surface area contributed by atoms with Gasteiger partial charge in [0.25, 0.3) is 0 Å². The predicted octanol–water partition coefficient (Wildman–Crippen LogP) is 7.32. The Morgan fingerprint density at radius 3 is 1.94 bits per heavy atom. The van der Waals surface area contributed by atoms with Gasteiger partial charge in [0.2, 0.25) is 0 Å². The standard InChI is InChI=1S/C16H16NO2S.3C4H9.Sn/c1-12-7-9-15(10-8-12)20(18,19)17-11-14-5-3-4-6-16(14)13(17)2;3*1-3-4-2;/h4-10,13H,11H2,1-2H3;3*1,3-4H2,2H3;. The number of hydrogen-bond donors (Lipinski definition) is 0. The second-order valence-electron chi connectivity index (χ2n) is 10.0. The van der Waals surface area contributed by atoms with E-state index in [0.717, 1.165) is 5.56 Å². The fourth-order valence-corrected chi connectivity index (χ4v) is 23.1. The first-order chi connectivity index (χ1) is 15.8. The monoisotopic (exact) mass is 577 g/mol. The van der Waals surface area contributed by atoms with Crippen LogP contribution < -0.4 is 3.58 Å². The van der Waals surface area contributed by atoms with Crippen LogP contribution in [0.3, 0.4) is 0 Å². The number of benzene rings is 2. The molecule has 0 saturated carbocycles. The van der Waals surface area contributed by atoms with E-state index in [2.05, 4.69) is 39.0 Å². The third-order valence-corrected chi connectivity index (χ3v) is 25.2. The summed E-state index contributed by atoms with van der Waals surface area (Å²) < 4.78 is 34.6. The van der Waals surface area contributed by atoms with E-state index >= 15 is 0 Å². The molecule has 1 unspecified atom stereocenters. The average Bonchev–Trinajstić information content (AvgIpc) is 3.16. The van der Waals surface area contributed by atoms with Gasteiger partial charge in [0, 0.05) is 0 Å². The number of hydrogen-bond acceptors (Lipinski definition) is 2. The maximum absolute atomic E-state index is 13.5. The molecule has 5 heteroatoms. The molecule has 1 heterocycles. The van der Waals surface area contributed by atoms with Crippen LogP contribution >= 0.6 is 0 Å². The summed E-state index contributed by atoms with van der Waals surface area (Å²) in [6, 6.07) is 14.3. The molecule has 0 N–H and O–H groups in total. The van der Waals surface area contributed by atoms with Crippen LogP contribution in [0.5, 0.6) is 0 Å². The summed E-state index contributed by atoms with van der Waals surface area (Å²) in [6.45, 7) is 11.5. The van der Waals surface area contributed by atoms with Gasteiger partial charge >= 0.3 is 208 Å². The molecule has 0 bridgehead atoms. The Bertz CT molecular complexity index is 995. The Hall–Kier alpha value is -0.851. The number of fused-ring (bicyclic) bond motifs is 1. The van der Waals surface area contributed by atoms with E-state index in [0.29, 0.717) is 11.4 Å². The van der Waals surface area contributed by atoms with Crippen LogP contribution in [-0.4, -0.2) is 31.1 Å². The first-order valence-corrected chi connectivity index (χ1v) is 21.9. The molecule has 0 spiro atoms. The molecule has 1 atom stereocenters. The Kier molecular flexibility index (Phi) is 9.50. The van der Waals surface area contributed by atoms with Gasteiger partial charge < -0.3 is 0 Å². The summed E-state index contributed by atoms with van der Waals surface area (Å²) >= 11 is -2.54. The van der Waals surface area contributed by atoms with Crippen molar-refractivity contribution in [2.45, 2.75) is 104 Å². The predicted molar refractivity (Wildman–Crippen MR) is 143 cm³/mol. The maximum atomic E-state index is 13.5. The van der Waals surface area contributed by atoms with Crippen LogP contribution in [0, 0.1) is 6.92 Å². The molecular formula is C28H43NO2SSn. The summed E-state index contributed by atoms with van der Waals surface area (Å²) in [5.41, 5.74) is 3.50. The van der Waals surface area contributed by atoms with Crippen molar-refractivity contribution >= 4 is 32.0 Å². The third-order valence-electron chi connectivity index (χ3n) is 7.62.